The molecule has 0 spiro atoms. The quantitative estimate of drug-likeness (QED) is 0.830. The van der Waals surface area contributed by atoms with Gasteiger partial charge in [0.1, 0.15) is 5.82 Å². The van der Waals surface area contributed by atoms with E-state index in [1.807, 2.05) is 0 Å². The Labute approximate surface area is 141 Å². The lowest BCUT2D eigenvalue weighted by Gasteiger charge is -2.38. The van der Waals surface area contributed by atoms with E-state index in [9.17, 15) is 9.18 Å². The van der Waals surface area contributed by atoms with Gasteiger partial charge in [0.05, 0.1) is 17.2 Å². The number of hydrogen-bond acceptors (Lipinski definition) is 3. The van der Waals surface area contributed by atoms with Crippen LogP contribution in [0.15, 0.2) is 18.2 Å². The fourth-order valence-corrected chi connectivity index (χ4v) is 3.67. The Morgan fingerprint density at radius 2 is 1.96 bits per heavy atom. The summed E-state index contributed by atoms with van der Waals surface area (Å²) in [6, 6.07) is 4.84. The molecule has 0 N–H and O–H groups in total. The van der Waals surface area contributed by atoms with Crippen LogP contribution in [0.4, 0.5) is 4.39 Å². The van der Waals surface area contributed by atoms with Gasteiger partial charge in [-0.15, -0.1) is 0 Å². The van der Waals surface area contributed by atoms with E-state index in [1.165, 1.54) is 12.1 Å². The lowest BCUT2D eigenvalue weighted by molar-refractivity contribution is 0.0605. The Hall–Kier alpha value is -1.17. The summed E-state index contributed by atoms with van der Waals surface area (Å²) in [7, 11) is 0. The number of halogens is 2. The number of rotatable bonds is 2. The smallest absolute Gasteiger partial charge is 0.258 e. The van der Waals surface area contributed by atoms with Crippen molar-refractivity contribution < 1.29 is 13.9 Å². The van der Waals surface area contributed by atoms with Crippen LogP contribution < -0.4 is 0 Å². The summed E-state index contributed by atoms with van der Waals surface area (Å²) >= 11 is 6.00. The number of ether oxygens (including phenoxy) is 1. The monoisotopic (exact) mass is 340 g/mol. The highest BCUT2D eigenvalue weighted by Gasteiger charge is 2.29. The topological polar surface area (TPSA) is 32.8 Å². The van der Waals surface area contributed by atoms with E-state index in [0.29, 0.717) is 19.1 Å². The molecule has 2 aliphatic heterocycles. The van der Waals surface area contributed by atoms with Gasteiger partial charge in [0.15, 0.2) is 0 Å². The predicted octanol–water partition coefficient (Wildman–Crippen LogP) is 2.81. The third kappa shape index (κ3) is 3.84. The van der Waals surface area contributed by atoms with Gasteiger partial charge in [0.2, 0.25) is 0 Å². The summed E-state index contributed by atoms with van der Waals surface area (Å²) in [5, 5.41) is 0.182. The van der Waals surface area contributed by atoms with Crippen molar-refractivity contribution in [2.24, 2.45) is 0 Å². The third-order valence-electron chi connectivity index (χ3n) is 4.70. The van der Waals surface area contributed by atoms with E-state index in [1.54, 1.807) is 11.0 Å². The molecule has 4 nitrogen and oxygen atoms in total. The Morgan fingerprint density at radius 3 is 2.70 bits per heavy atom. The second kappa shape index (κ2) is 7.60. The van der Waals surface area contributed by atoms with Crippen molar-refractivity contribution >= 4 is 17.5 Å². The van der Waals surface area contributed by atoms with Crippen molar-refractivity contribution in [3.8, 4) is 0 Å². The van der Waals surface area contributed by atoms with Crippen molar-refractivity contribution in [1.82, 2.24) is 9.80 Å². The van der Waals surface area contributed by atoms with Gasteiger partial charge in [-0.05, 0) is 31.4 Å². The number of carbonyl (C=O) groups is 1. The van der Waals surface area contributed by atoms with Crippen LogP contribution in [0.1, 0.15) is 29.6 Å². The molecular weight excluding hydrogens is 319 g/mol. The molecule has 2 heterocycles. The largest absolute Gasteiger partial charge is 0.380 e. The van der Waals surface area contributed by atoms with E-state index in [2.05, 4.69) is 4.90 Å². The fourth-order valence-electron chi connectivity index (χ4n) is 3.42. The number of nitrogens with zero attached hydrogens (tertiary/aromatic N) is 2. The number of likely N-dealkylation sites (tertiary alicyclic amines) is 1. The maximum Gasteiger partial charge on any atom is 0.258 e. The molecule has 0 unspecified atom stereocenters. The molecule has 0 saturated carbocycles. The molecule has 2 saturated heterocycles. The van der Waals surface area contributed by atoms with E-state index in [-0.39, 0.29) is 16.5 Å². The van der Waals surface area contributed by atoms with Crippen molar-refractivity contribution in [1.29, 1.82) is 0 Å². The van der Waals surface area contributed by atoms with Gasteiger partial charge in [0, 0.05) is 38.8 Å². The molecule has 1 amide bonds. The van der Waals surface area contributed by atoms with E-state index in [4.69, 9.17) is 16.3 Å². The molecule has 2 aliphatic rings. The SMILES string of the molecule is O=C(c1c(F)cccc1Cl)N1CCC(N2CCCOCC2)CC1. The van der Waals surface area contributed by atoms with Crippen LogP contribution >= 0.6 is 11.6 Å². The van der Waals surface area contributed by atoms with Gasteiger partial charge >= 0.3 is 0 Å². The normalized spacial score (nSPS) is 21.2. The van der Waals surface area contributed by atoms with Gasteiger partial charge in [0.25, 0.3) is 5.91 Å². The molecule has 0 aliphatic carbocycles. The first-order chi connectivity index (χ1) is 11.2. The number of carbonyl (C=O) groups excluding carboxylic acids is 1. The van der Waals surface area contributed by atoms with Crippen LogP contribution in [-0.2, 0) is 4.74 Å². The second-order valence-corrected chi connectivity index (χ2v) is 6.53. The van der Waals surface area contributed by atoms with Crippen LogP contribution in [-0.4, -0.2) is 61.1 Å². The number of piperidine rings is 1. The summed E-state index contributed by atoms with van der Waals surface area (Å²) in [6.45, 7) is 4.91. The first-order valence-corrected chi connectivity index (χ1v) is 8.59. The molecule has 0 atom stereocenters. The average molecular weight is 341 g/mol. The summed E-state index contributed by atoms with van der Waals surface area (Å²) in [6.07, 6.45) is 2.89. The van der Waals surface area contributed by atoms with Gasteiger partial charge in [-0.3, -0.25) is 9.69 Å². The van der Waals surface area contributed by atoms with Crippen molar-refractivity contribution in [3.05, 3.63) is 34.6 Å². The summed E-state index contributed by atoms with van der Waals surface area (Å²) in [5.74, 6) is -0.847. The van der Waals surface area contributed by atoms with E-state index >= 15 is 0 Å². The summed E-state index contributed by atoms with van der Waals surface area (Å²) in [4.78, 5) is 16.7. The van der Waals surface area contributed by atoms with Crippen molar-refractivity contribution in [2.75, 3.05) is 39.4 Å². The molecule has 2 fully saturated rings. The van der Waals surface area contributed by atoms with Gasteiger partial charge in [-0.25, -0.2) is 4.39 Å². The molecule has 0 bridgehead atoms. The highest BCUT2D eigenvalue weighted by atomic mass is 35.5. The van der Waals surface area contributed by atoms with Crippen LogP contribution in [0, 0.1) is 5.82 Å². The molecular formula is C17H22ClFN2O2. The number of amides is 1. The Kier molecular flexibility index (Phi) is 5.51. The fraction of sp³-hybridized carbons (Fsp3) is 0.588. The van der Waals surface area contributed by atoms with Gasteiger partial charge in [-0.2, -0.15) is 0 Å². The van der Waals surface area contributed by atoms with Gasteiger partial charge < -0.3 is 9.64 Å². The number of hydrogen-bond donors (Lipinski definition) is 0. The highest BCUT2D eigenvalue weighted by molar-refractivity contribution is 6.33. The Bertz CT molecular complexity index is 533. The maximum absolute atomic E-state index is 13.9. The molecule has 1 aromatic carbocycles. The predicted molar refractivity (Wildman–Crippen MR) is 87.3 cm³/mol. The molecule has 126 valence electrons. The van der Waals surface area contributed by atoms with E-state index in [0.717, 1.165) is 45.6 Å². The molecule has 0 radical (unpaired) electrons. The molecule has 3 rings (SSSR count). The maximum atomic E-state index is 13.9. The molecule has 6 heteroatoms. The first-order valence-electron chi connectivity index (χ1n) is 8.22. The number of benzene rings is 1. The Balaban J connectivity index is 1.61. The molecule has 0 aromatic heterocycles. The van der Waals surface area contributed by atoms with Crippen molar-refractivity contribution in [2.45, 2.75) is 25.3 Å². The first kappa shape index (κ1) is 16.7. The van der Waals surface area contributed by atoms with Crippen LogP contribution in [0.2, 0.25) is 5.02 Å². The zero-order valence-electron chi connectivity index (χ0n) is 13.1. The molecule has 23 heavy (non-hydrogen) atoms. The minimum absolute atomic E-state index is 0.00390. The van der Waals surface area contributed by atoms with Crippen LogP contribution in [0.3, 0.4) is 0 Å². The molecule has 1 aromatic rings. The average Bonchev–Trinajstić information content (AvgIpc) is 2.84. The standard InChI is InChI=1S/C17H22ClFN2O2/c18-14-3-1-4-15(19)16(14)17(22)21-8-5-13(6-9-21)20-7-2-11-23-12-10-20/h1,3-4,13H,2,5-12H2. The Morgan fingerprint density at radius 1 is 1.17 bits per heavy atom. The lowest BCUT2D eigenvalue weighted by atomic mass is 10.0. The van der Waals surface area contributed by atoms with Crippen molar-refractivity contribution in [3.63, 3.8) is 0 Å². The summed E-state index contributed by atoms with van der Waals surface area (Å²) < 4.78 is 19.4. The summed E-state index contributed by atoms with van der Waals surface area (Å²) in [5.41, 5.74) is -0.00390. The third-order valence-corrected chi connectivity index (χ3v) is 5.02. The lowest BCUT2D eigenvalue weighted by Crippen LogP contribution is -2.47. The zero-order chi connectivity index (χ0) is 16.2. The second-order valence-electron chi connectivity index (χ2n) is 6.12. The minimum Gasteiger partial charge on any atom is -0.380 e. The zero-order valence-corrected chi connectivity index (χ0v) is 13.9. The van der Waals surface area contributed by atoms with E-state index < -0.39 is 5.82 Å². The van der Waals surface area contributed by atoms with Crippen LogP contribution in [0.5, 0.6) is 0 Å². The van der Waals surface area contributed by atoms with Crippen LogP contribution in [0.25, 0.3) is 0 Å². The highest BCUT2D eigenvalue weighted by Crippen LogP contribution is 2.24. The minimum atomic E-state index is -0.547. The van der Waals surface area contributed by atoms with Gasteiger partial charge in [-0.1, -0.05) is 17.7 Å².